The zero-order chi connectivity index (χ0) is 15.7. The van der Waals surface area contributed by atoms with Crippen molar-refractivity contribution in [2.24, 2.45) is 0 Å². The third-order valence-electron chi connectivity index (χ3n) is 3.93. The van der Waals surface area contributed by atoms with Crippen molar-refractivity contribution in [3.05, 3.63) is 39.5 Å². The Bertz CT molecular complexity index is 719. The van der Waals surface area contributed by atoms with Crippen LogP contribution in [0.4, 0.5) is 5.69 Å². The summed E-state index contributed by atoms with van der Waals surface area (Å²) in [6.07, 6.45) is 0. The van der Waals surface area contributed by atoms with Gasteiger partial charge in [0.15, 0.2) is 0 Å². The van der Waals surface area contributed by atoms with E-state index in [2.05, 4.69) is 27.9 Å². The topological polar surface area (TPSA) is 37.4 Å². The lowest BCUT2D eigenvalue weighted by Gasteiger charge is -2.36. The number of aromatic nitrogens is 2. The van der Waals surface area contributed by atoms with E-state index in [0.717, 1.165) is 31.2 Å². The van der Waals surface area contributed by atoms with Gasteiger partial charge in [-0.15, -0.1) is 5.10 Å². The third kappa shape index (κ3) is 3.34. The molecule has 118 valence electrons. The van der Waals surface area contributed by atoms with Crippen LogP contribution in [0.2, 0.25) is 5.02 Å². The molecule has 5 nitrogen and oxygen atoms in total. The molecule has 0 bridgehead atoms. The van der Waals surface area contributed by atoms with Gasteiger partial charge < -0.3 is 9.32 Å². The molecule has 0 radical (unpaired) electrons. The summed E-state index contributed by atoms with van der Waals surface area (Å²) in [6, 6.07) is 6.05. The predicted molar refractivity (Wildman–Crippen MR) is 90.0 cm³/mol. The van der Waals surface area contributed by atoms with Crippen LogP contribution in [0.25, 0.3) is 0 Å². The average Bonchev–Trinajstić information content (AvgIpc) is 2.80. The van der Waals surface area contributed by atoms with E-state index >= 15 is 0 Å². The summed E-state index contributed by atoms with van der Waals surface area (Å²) in [5.74, 6) is 0.609. The summed E-state index contributed by atoms with van der Waals surface area (Å²) in [7, 11) is 0. The molecule has 3 rings (SSSR count). The highest BCUT2D eigenvalue weighted by Crippen LogP contribution is 2.25. The van der Waals surface area contributed by atoms with Gasteiger partial charge in [-0.25, -0.2) is 4.68 Å². The van der Waals surface area contributed by atoms with E-state index < -0.39 is 0 Å². The second-order valence-corrected chi connectivity index (χ2v) is 6.35. The Labute approximate surface area is 140 Å². The normalized spacial score (nSPS) is 16.2. The van der Waals surface area contributed by atoms with E-state index in [9.17, 15) is 0 Å². The number of piperazine rings is 1. The van der Waals surface area contributed by atoms with Crippen molar-refractivity contribution in [1.29, 1.82) is 0 Å². The number of rotatable bonds is 3. The molecule has 1 aromatic carbocycles. The molecule has 0 saturated carbocycles. The molecule has 0 N–H and O–H groups in total. The van der Waals surface area contributed by atoms with Crippen LogP contribution in [0.1, 0.15) is 11.5 Å². The minimum absolute atomic E-state index is 0.436. The van der Waals surface area contributed by atoms with Crippen molar-refractivity contribution in [3.8, 4) is 0 Å². The molecule has 1 aromatic heterocycles. The maximum Gasteiger partial charge on any atom is 0.288 e. The smallest absolute Gasteiger partial charge is 0.288 e. The zero-order valence-electron chi connectivity index (χ0n) is 12.8. The number of nitrogens with zero attached hydrogens (tertiary/aromatic N) is 4. The SMILES string of the molecule is Cc1nn(CN2CCN(c3cc(Cl)ccc3C)CC2)c(=S)o1. The molecule has 0 atom stereocenters. The minimum atomic E-state index is 0.436. The van der Waals surface area contributed by atoms with Crippen molar-refractivity contribution in [1.82, 2.24) is 14.7 Å². The number of hydrogen-bond donors (Lipinski definition) is 0. The van der Waals surface area contributed by atoms with Crippen LogP contribution in [0.15, 0.2) is 22.6 Å². The van der Waals surface area contributed by atoms with Crippen LogP contribution in [0.3, 0.4) is 0 Å². The van der Waals surface area contributed by atoms with Gasteiger partial charge in [0.05, 0.1) is 6.67 Å². The molecule has 1 fully saturated rings. The Balaban J connectivity index is 1.64. The summed E-state index contributed by atoms with van der Waals surface area (Å²) < 4.78 is 7.03. The summed E-state index contributed by atoms with van der Waals surface area (Å²) >= 11 is 11.3. The van der Waals surface area contributed by atoms with Gasteiger partial charge in [0, 0.05) is 43.8 Å². The molecule has 1 saturated heterocycles. The average molecular weight is 339 g/mol. The standard InChI is InChI=1S/C15H19ClN4OS/c1-11-3-4-13(16)9-14(11)19-7-5-18(6-8-19)10-20-15(22)21-12(2)17-20/h3-4,9H,5-8,10H2,1-2H3. The predicted octanol–water partition coefficient (Wildman–Crippen LogP) is 3.26. The monoisotopic (exact) mass is 338 g/mol. The molecule has 0 spiro atoms. The van der Waals surface area contributed by atoms with E-state index in [-0.39, 0.29) is 0 Å². The zero-order valence-corrected chi connectivity index (χ0v) is 14.3. The molecule has 1 aliphatic rings. The molecule has 2 heterocycles. The van der Waals surface area contributed by atoms with Gasteiger partial charge in [-0.1, -0.05) is 17.7 Å². The Morgan fingerprint density at radius 1 is 1.23 bits per heavy atom. The fourth-order valence-corrected chi connectivity index (χ4v) is 3.13. The first kappa shape index (κ1) is 15.5. The van der Waals surface area contributed by atoms with Crippen molar-refractivity contribution in [2.75, 3.05) is 31.1 Å². The van der Waals surface area contributed by atoms with Crippen LogP contribution >= 0.6 is 23.8 Å². The van der Waals surface area contributed by atoms with Crippen LogP contribution in [0.5, 0.6) is 0 Å². The van der Waals surface area contributed by atoms with Gasteiger partial charge in [0.2, 0.25) is 5.89 Å². The van der Waals surface area contributed by atoms with Crippen molar-refractivity contribution in [2.45, 2.75) is 20.5 Å². The first-order valence-corrected chi connectivity index (χ1v) is 8.09. The number of benzene rings is 1. The maximum absolute atomic E-state index is 6.12. The fraction of sp³-hybridized carbons (Fsp3) is 0.467. The Kier molecular flexibility index (Phi) is 4.52. The molecule has 0 unspecified atom stereocenters. The maximum atomic E-state index is 6.12. The largest absolute Gasteiger partial charge is 0.414 e. The van der Waals surface area contributed by atoms with E-state index in [1.807, 2.05) is 19.1 Å². The molecule has 7 heteroatoms. The van der Waals surface area contributed by atoms with Gasteiger partial charge in [-0.2, -0.15) is 0 Å². The van der Waals surface area contributed by atoms with Crippen molar-refractivity contribution >= 4 is 29.5 Å². The lowest BCUT2D eigenvalue weighted by atomic mass is 10.1. The quantitative estimate of drug-likeness (QED) is 0.803. The molecule has 1 aliphatic heterocycles. The Hall–Kier alpha value is -1.37. The van der Waals surface area contributed by atoms with Crippen LogP contribution in [-0.2, 0) is 6.67 Å². The lowest BCUT2D eigenvalue weighted by Crippen LogP contribution is -2.47. The molecular formula is C15H19ClN4OS. The minimum Gasteiger partial charge on any atom is -0.414 e. The van der Waals surface area contributed by atoms with Crippen LogP contribution < -0.4 is 4.90 Å². The van der Waals surface area contributed by atoms with E-state index in [1.54, 1.807) is 4.68 Å². The highest BCUT2D eigenvalue weighted by molar-refractivity contribution is 7.71. The molecular weight excluding hydrogens is 320 g/mol. The number of anilines is 1. The highest BCUT2D eigenvalue weighted by Gasteiger charge is 2.19. The third-order valence-corrected chi connectivity index (χ3v) is 4.45. The summed E-state index contributed by atoms with van der Waals surface area (Å²) in [4.78, 5) is 5.14. The first-order chi connectivity index (χ1) is 10.5. The summed E-state index contributed by atoms with van der Waals surface area (Å²) in [5, 5.41) is 5.06. The van der Waals surface area contributed by atoms with Crippen molar-refractivity contribution in [3.63, 3.8) is 0 Å². The highest BCUT2D eigenvalue weighted by atomic mass is 35.5. The molecule has 0 aliphatic carbocycles. The Morgan fingerprint density at radius 3 is 2.59 bits per heavy atom. The summed E-state index contributed by atoms with van der Waals surface area (Å²) in [6.45, 7) is 8.45. The van der Waals surface area contributed by atoms with Crippen LogP contribution in [-0.4, -0.2) is 40.9 Å². The first-order valence-electron chi connectivity index (χ1n) is 7.31. The lowest BCUT2D eigenvalue weighted by molar-refractivity contribution is 0.192. The Morgan fingerprint density at radius 2 is 1.95 bits per heavy atom. The summed E-state index contributed by atoms with van der Waals surface area (Å²) in [5.41, 5.74) is 2.48. The van der Waals surface area contributed by atoms with Crippen molar-refractivity contribution < 1.29 is 4.42 Å². The van der Waals surface area contributed by atoms with Gasteiger partial charge >= 0.3 is 0 Å². The van der Waals surface area contributed by atoms with Gasteiger partial charge in [0.25, 0.3) is 4.84 Å². The molecule has 22 heavy (non-hydrogen) atoms. The molecule has 2 aromatic rings. The fourth-order valence-electron chi connectivity index (χ4n) is 2.74. The van der Waals surface area contributed by atoms with Gasteiger partial charge in [-0.05, 0) is 36.8 Å². The van der Waals surface area contributed by atoms with E-state index in [4.69, 9.17) is 28.2 Å². The van der Waals surface area contributed by atoms with Gasteiger partial charge in [0.1, 0.15) is 0 Å². The van der Waals surface area contributed by atoms with Crippen LogP contribution in [0, 0.1) is 18.7 Å². The molecule has 0 amide bonds. The second kappa shape index (κ2) is 6.40. The van der Waals surface area contributed by atoms with E-state index in [1.165, 1.54) is 11.3 Å². The number of hydrogen-bond acceptors (Lipinski definition) is 5. The van der Waals surface area contributed by atoms with Gasteiger partial charge in [-0.3, -0.25) is 4.90 Å². The number of halogens is 1. The second-order valence-electron chi connectivity index (χ2n) is 5.56. The van der Waals surface area contributed by atoms with E-state index in [0.29, 0.717) is 17.4 Å². The number of aryl methyl sites for hydroxylation is 2.